The van der Waals surface area contributed by atoms with E-state index in [0.29, 0.717) is 6.04 Å². The van der Waals surface area contributed by atoms with Crippen molar-refractivity contribution in [1.82, 2.24) is 15.5 Å². The van der Waals surface area contributed by atoms with Crippen molar-refractivity contribution in [2.75, 3.05) is 7.11 Å². The van der Waals surface area contributed by atoms with Crippen molar-refractivity contribution in [2.24, 2.45) is 0 Å². The van der Waals surface area contributed by atoms with Crippen molar-refractivity contribution < 1.29 is 4.74 Å². The van der Waals surface area contributed by atoms with Gasteiger partial charge >= 0.3 is 0 Å². The third-order valence-electron chi connectivity index (χ3n) is 2.53. The number of hydrogen-bond donors (Lipinski definition) is 1. The molecule has 4 nitrogen and oxygen atoms in total. The predicted octanol–water partition coefficient (Wildman–Crippen LogP) is 3.47. The van der Waals surface area contributed by atoms with E-state index >= 15 is 0 Å². The fourth-order valence-electron chi connectivity index (χ4n) is 1.52. The molecule has 0 spiro atoms. The van der Waals surface area contributed by atoms with Crippen LogP contribution in [0.4, 0.5) is 0 Å². The van der Waals surface area contributed by atoms with Crippen LogP contribution in [0.2, 0.25) is 0 Å². The van der Waals surface area contributed by atoms with Crippen LogP contribution < -0.4 is 10.1 Å². The standard InChI is InChI=1S/C13H16BrN3OS/c1-8(2)15-7-12-16-17-13(19-12)10-6-9(18-3)4-5-11(10)14/h4-6,8,15H,7H2,1-3H3. The number of methoxy groups -OCH3 is 1. The summed E-state index contributed by atoms with van der Waals surface area (Å²) in [4.78, 5) is 0. The first kappa shape index (κ1) is 14.4. The third kappa shape index (κ3) is 3.75. The minimum absolute atomic E-state index is 0.441. The maximum Gasteiger partial charge on any atom is 0.149 e. The number of rotatable bonds is 5. The van der Waals surface area contributed by atoms with Gasteiger partial charge in [-0.2, -0.15) is 0 Å². The zero-order valence-electron chi connectivity index (χ0n) is 11.1. The van der Waals surface area contributed by atoms with Crippen LogP contribution in [0.25, 0.3) is 10.6 Å². The molecule has 0 aliphatic carbocycles. The molecule has 0 unspecified atom stereocenters. The molecule has 1 heterocycles. The molecule has 1 aromatic carbocycles. The van der Waals surface area contributed by atoms with Gasteiger partial charge in [-0.15, -0.1) is 10.2 Å². The van der Waals surface area contributed by atoms with E-state index in [4.69, 9.17) is 4.74 Å². The van der Waals surface area contributed by atoms with E-state index in [9.17, 15) is 0 Å². The SMILES string of the molecule is COc1ccc(Br)c(-c2nnc(CNC(C)C)s2)c1. The van der Waals surface area contributed by atoms with Crippen LogP contribution in [0.5, 0.6) is 5.75 Å². The number of nitrogens with one attached hydrogen (secondary N) is 1. The molecule has 0 bridgehead atoms. The lowest BCUT2D eigenvalue weighted by Gasteiger charge is -2.04. The molecule has 102 valence electrons. The fraction of sp³-hybridized carbons (Fsp3) is 0.385. The average Bonchev–Trinajstić information content (AvgIpc) is 2.85. The van der Waals surface area contributed by atoms with E-state index < -0.39 is 0 Å². The Bertz CT molecular complexity index is 557. The largest absolute Gasteiger partial charge is 0.497 e. The number of hydrogen-bond acceptors (Lipinski definition) is 5. The zero-order valence-corrected chi connectivity index (χ0v) is 13.5. The molecule has 2 rings (SSSR count). The first-order valence-electron chi connectivity index (χ1n) is 6.00. The van der Waals surface area contributed by atoms with Crippen molar-refractivity contribution in [3.63, 3.8) is 0 Å². The lowest BCUT2D eigenvalue weighted by atomic mass is 10.2. The summed E-state index contributed by atoms with van der Waals surface area (Å²) >= 11 is 5.13. The molecule has 0 atom stereocenters. The Balaban J connectivity index is 2.22. The van der Waals surface area contributed by atoms with Gasteiger partial charge in [-0.05, 0) is 18.2 Å². The Kier molecular flexibility index (Phi) is 4.90. The number of halogens is 1. The minimum atomic E-state index is 0.441. The number of aromatic nitrogens is 2. The molecule has 0 amide bonds. The molecule has 0 aliphatic heterocycles. The summed E-state index contributed by atoms with van der Waals surface area (Å²) in [6.45, 7) is 4.97. The van der Waals surface area contributed by atoms with Crippen LogP contribution >= 0.6 is 27.3 Å². The van der Waals surface area contributed by atoms with Gasteiger partial charge in [0.25, 0.3) is 0 Å². The van der Waals surface area contributed by atoms with Crippen LogP contribution in [0.3, 0.4) is 0 Å². The molecule has 0 aliphatic rings. The summed E-state index contributed by atoms with van der Waals surface area (Å²) in [5.74, 6) is 0.815. The molecule has 0 radical (unpaired) electrons. The van der Waals surface area contributed by atoms with Crippen molar-refractivity contribution >= 4 is 27.3 Å². The van der Waals surface area contributed by atoms with Crippen molar-refractivity contribution in [2.45, 2.75) is 26.4 Å². The second-order valence-corrected chi connectivity index (χ2v) is 6.30. The fourth-order valence-corrected chi connectivity index (χ4v) is 2.91. The molecule has 0 saturated heterocycles. The Morgan fingerprint density at radius 3 is 2.84 bits per heavy atom. The number of benzene rings is 1. The smallest absolute Gasteiger partial charge is 0.149 e. The molecule has 6 heteroatoms. The second-order valence-electron chi connectivity index (χ2n) is 4.38. The van der Waals surface area contributed by atoms with Gasteiger partial charge in [0.1, 0.15) is 15.8 Å². The molecule has 0 fully saturated rings. The van der Waals surface area contributed by atoms with Crippen molar-refractivity contribution in [3.8, 4) is 16.3 Å². The minimum Gasteiger partial charge on any atom is -0.497 e. The second kappa shape index (κ2) is 6.45. The first-order chi connectivity index (χ1) is 9.10. The van der Waals surface area contributed by atoms with E-state index in [0.717, 1.165) is 32.3 Å². The van der Waals surface area contributed by atoms with E-state index in [1.54, 1.807) is 18.4 Å². The highest BCUT2D eigenvalue weighted by Gasteiger charge is 2.11. The van der Waals surface area contributed by atoms with E-state index in [1.165, 1.54) is 0 Å². The Morgan fingerprint density at radius 2 is 2.16 bits per heavy atom. The molecule has 1 aromatic heterocycles. The third-order valence-corrected chi connectivity index (χ3v) is 4.18. The lowest BCUT2D eigenvalue weighted by molar-refractivity contribution is 0.415. The van der Waals surface area contributed by atoms with Crippen LogP contribution in [0.1, 0.15) is 18.9 Å². The van der Waals surface area contributed by atoms with Crippen LogP contribution in [-0.4, -0.2) is 23.3 Å². The van der Waals surface area contributed by atoms with Crippen LogP contribution in [0, 0.1) is 0 Å². The molecule has 1 N–H and O–H groups in total. The highest BCUT2D eigenvalue weighted by atomic mass is 79.9. The Morgan fingerprint density at radius 1 is 1.37 bits per heavy atom. The van der Waals surface area contributed by atoms with Gasteiger partial charge in [-0.1, -0.05) is 41.1 Å². The molecule has 0 saturated carbocycles. The predicted molar refractivity (Wildman–Crippen MR) is 81.6 cm³/mol. The zero-order chi connectivity index (χ0) is 13.8. The monoisotopic (exact) mass is 341 g/mol. The van der Waals surface area contributed by atoms with Gasteiger partial charge in [-0.3, -0.25) is 0 Å². The van der Waals surface area contributed by atoms with Crippen molar-refractivity contribution in [1.29, 1.82) is 0 Å². The summed E-state index contributed by atoms with van der Waals surface area (Å²) in [5.41, 5.74) is 1.01. The summed E-state index contributed by atoms with van der Waals surface area (Å²) in [5, 5.41) is 13.7. The maximum absolute atomic E-state index is 5.24. The highest BCUT2D eigenvalue weighted by Crippen LogP contribution is 2.33. The molecular formula is C13H16BrN3OS. The first-order valence-corrected chi connectivity index (χ1v) is 7.60. The van der Waals surface area contributed by atoms with Gasteiger partial charge < -0.3 is 10.1 Å². The van der Waals surface area contributed by atoms with E-state index in [-0.39, 0.29) is 0 Å². The normalized spacial score (nSPS) is 11.0. The summed E-state index contributed by atoms with van der Waals surface area (Å²) in [7, 11) is 1.66. The van der Waals surface area contributed by atoms with Crippen LogP contribution in [-0.2, 0) is 6.54 Å². The Labute approximate surface area is 125 Å². The number of ether oxygens (including phenoxy) is 1. The van der Waals surface area contributed by atoms with Gasteiger partial charge in [0, 0.05) is 22.6 Å². The van der Waals surface area contributed by atoms with E-state index in [2.05, 4.69) is 45.3 Å². The molecule has 19 heavy (non-hydrogen) atoms. The van der Waals surface area contributed by atoms with Gasteiger partial charge in [0.2, 0.25) is 0 Å². The summed E-state index contributed by atoms with van der Waals surface area (Å²) < 4.78 is 6.23. The highest BCUT2D eigenvalue weighted by molar-refractivity contribution is 9.10. The van der Waals surface area contributed by atoms with Crippen LogP contribution in [0.15, 0.2) is 22.7 Å². The molecular weight excluding hydrogens is 326 g/mol. The molecule has 2 aromatic rings. The van der Waals surface area contributed by atoms with Gasteiger partial charge in [-0.25, -0.2) is 0 Å². The number of nitrogens with zero attached hydrogens (tertiary/aromatic N) is 2. The Hall–Kier alpha value is -0.980. The van der Waals surface area contributed by atoms with E-state index in [1.807, 2.05) is 18.2 Å². The quantitative estimate of drug-likeness (QED) is 0.904. The average molecular weight is 342 g/mol. The van der Waals surface area contributed by atoms with Gasteiger partial charge in [0.15, 0.2) is 0 Å². The van der Waals surface area contributed by atoms with Gasteiger partial charge in [0.05, 0.1) is 7.11 Å². The maximum atomic E-state index is 5.24. The summed E-state index contributed by atoms with van der Waals surface area (Å²) in [6.07, 6.45) is 0. The topological polar surface area (TPSA) is 47.0 Å². The summed E-state index contributed by atoms with van der Waals surface area (Å²) in [6, 6.07) is 6.28. The van der Waals surface area contributed by atoms with Crippen molar-refractivity contribution in [3.05, 3.63) is 27.7 Å². The lowest BCUT2D eigenvalue weighted by Crippen LogP contribution is -2.21.